The zero-order valence-electron chi connectivity index (χ0n) is 14.2. The van der Waals surface area contributed by atoms with Crippen molar-refractivity contribution < 1.29 is 14.3 Å². The number of hydrogen-bond acceptors (Lipinski definition) is 3. The van der Waals surface area contributed by atoms with Crippen LogP contribution in [0.4, 0.5) is 0 Å². The van der Waals surface area contributed by atoms with Crippen LogP contribution in [-0.2, 0) is 9.59 Å². The van der Waals surface area contributed by atoms with Crippen molar-refractivity contribution in [3.8, 4) is 5.75 Å². The third-order valence-electron chi connectivity index (χ3n) is 4.53. The van der Waals surface area contributed by atoms with E-state index in [2.05, 4.69) is 17.4 Å². The number of carbonyl (C=O) groups excluding carboxylic acids is 2. The second kappa shape index (κ2) is 7.99. The Labute approximate surface area is 138 Å². The van der Waals surface area contributed by atoms with E-state index in [1.54, 1.807) is 12.0 Å². The molecule has 0 saturated heterocycles. The van der Waals surface area contributed by atoms with Crippen molar-refractivity contribution in [3.05, 3.63) is 29.8 Å². The molecule has 0 unspecified atom stereocenters. The van der Waals surface area contributed by atoms with E-state index in [0.717, 1.165) is 25.0 Å². The van der Waals surface area contributed by atoms with E-state index in [1.807, 2.05) is 26.1 Å². The molecule has 23 heavy (non-hydrogen) atoms. The normalized spacial score (nSPS) is 19.6. The van der Waals surface area contributed by atoms with E-state index in [4.69, 9.17) is 4.74 Å². The summed E-state index contributed by atoms with van der Waals surface area (Å²) in [5.41, 5.74) is 1.26. The van der Waals surface area contributed by atoms with Gasteiger partial charge in [-0.15, -0.1) is 0 Å². The summed E-state index contributed by atoms with van der Waals surface area (Å²) in [7, 11) is 3.49. The van der Waals surface area contributed by atoms with E-state index >= 15 is 0 Å². The van der Waals surface area contributed by atoms with Crippen LogP contribution in [0.2, 0.25) is 0 Å². The molecule has 1 N–H and O–H groups in total. The molecular formula is C18H26N2O3. The first-order chi connectivity index (χ1) is 11.0. The van der Waals surface area contributed by atoms with Gasteiger partial charge in [-0.2, -0.15) is 0 Å². The van der Waals surface area contributed by atoms with Gasteiger partial charge in [0.05, 0.1) is 13.7 Å². The summed E-state index contributed by atoms with van der Waals surface area (Å²) >= 11 is 0. The van der Waals surface area contributed by atoms with Gasteiger partial charge in [-0.3, -0.25) is 9.59 Å². The summed E-state index contributed by atoms with van der Waals surface area (Å²) in [5, 5.41) is 2.68. The van der Waals surface area contributed by atoms with Gasteiger partial charge in [-0.25, -0.2) is 0 Å². The lowest BCUT2D eigenvalue weighted by molar-refractivity contribution is -0.135. The Hall–Kier alpha value is -2.04. The molecule has 0 aliphatic heterocycles. The molecule has 1 saturated carbocycles. The number of nitrogens with one attached hydrogen (secondary N) is 1. The fourth-order valence-electron chi connectivity index (χ4n) is 2.89. The molecule has 1 aliphatic rings. The first kappa shape index (κ1) is 17.3. The third kappa shape index (κ3) is 4.47. The van der Waals surface area contributed by atoms with Crippen LogP contribution in [-0.4, -0.2) is 43.5 Å². The standard InChI is InChI=1S/C18H26N2O3/c1-4-6-17(21)19-12-18(22)20(2)15-9-14(10-15)13-7-5-8-16(11-13)23-3/h5,7-8,11,14-15H,4,6,9-10,12H2,1-3H3,(H,19,21). The molecule has 5 heteroatoms. The van der Waals surface area contributed by atoms with E-state index in [-0.39, 0.29) is 24.4 Å². The minimum atomic E-state index is -0.0582. The van der Waals surface area contributed by atoms with Crippen molar-refractivity contribution in [2.75, 3.05) is 20.7 Å². The van der Waals surface area contributed by atoms with Gasteiger partial charge in [0.25, 0.3) is 0 Å². The summed E-state index contributed by atoms with van der Waals surface area (Å²) in [6.45, 7) is 2.04. The Morgan fingerprint density at radius 3 is 2.74 bits per heavy atom. The van der Waals surface area contributed by atoms with Gasteiger partial charge in [0.2, 0.25) is 11.8 Å². The average molecular weight is 318 g/mol. The Balaban J connectivity index is 1.79. The smallest absolute Gasteiger partial charge is 0.241 e. The predicted octanol–water partition coefficient (Wildman–Crippen LogP) is 2.32. The summed E-state index contributed by atoms with van der Waals surface area (Å²) < 4.78 is 5.26. The van der Waals surface area contributed by atoms with Gasteiger partial charge < -0.3 is 15.0 Å². The molecular weight excluding hydrogens is 292 g/mol. The van der Waals surface area contributed by atoms with Crippen LogP contribution in [0.15, 0.2) is 24.3 Å². The lowest BCUT2D eigenvalue weighted by Gasteiger charge is -2.41. The van der Waals surface area contributed by atoms with Crippen molar-refractivity contribution in [3.63, 3.8) is 0 Å². The quantitative estimate of drug-likeness (QED) is 0.839. The monoisotopic (exact) mass is 318 g/mol. The minimum absolute atomic E-state index is 0.0245. The van der Waals surface area contributed by atoms with Crippen LogP contribution in [0.25, 0.3) is 0 Å². The molecule has 2 rings (SSSR count). The van der Waals surface area contributed by atoms with Crippen molar-refractivity contribution in [1.29, 1.82) is 0 Å². The summed E-state index contributed by atoms with van der Waals surface area (Å²) in [4.78, 5) is 25.3. The van der Waals surface area contributed by atoms with E-state index in [9.17, 15) is 9.59 Å². The van der Waals surface area contributed by atoms with Crippen molar-refractivity contribution >= 4 is 11.8 Å². The Bertz CT molecular complexity index is 553. The van der Waals surface area contributed by atoms with Crippen molar-refractivity contribution in [1.82, 2.24) is 10.2 Å². The zero-order chi connectivity index (χ0) is 16.8. The largest absolute Gasteiger partial charge is 0.497 e. The highest BCUT2D eigenvalue weighted by Crippen LogP contribution is 2.40. The second-order valence-electron chi connectivity index (χ2n) is 6.13. The highest BCUT2D eigenvalue weighted by molar-refractivity contribution is 5.84. The Kier molecular flexibility index (Phi) is 6.02. The Morgan fingerprint density at radius 2 is 2.09 bits per heavy atom. The molecule has 0 aromatic heterocycles. The van der Waals surface area contributed by atoms with Crippen LogP contribution in [0, 0.1) is 0 Å². The lowest BCUT2D eigenvalue weighted by atomic mass is 9.75. The fraction of sp³-hybridized carbons (Fsp3) is 0.556. The third-order valence-corrected chi connectivity index (χ3v) is 4.53. The van der Waals surface area contributed by atoms with Gasteiger partial charge in [0.1, 0.15) is 5.75 Å². The molecule has 126 valence electrons. The molecule has 1 aromatic rings. The highest BCUT2D eigenvalue weighted by Gasteiger charge is 2.35. The molecule has 0 radical (unpaired) electrons. The van der Waals surface area contributed by atoms with E-state index in [0.29, 0.717) is 12.3 Å². The molecule has 2 amide bonds. The van der Waals surface area contributed by atoms with Gasteiger partial charge >= 0.3 is 0 Å². The van der Waals surface area contributed by atoms with Crippen LogP contribution in [0.5, 0.6) is 5.75 Å². The maximum Gasteiger partial charge on any atom is 0.241 e. The molecule has 0 spiro atoms. The minimum Gasteiger partial charge on any atom is -0.497 e. The first-order valence-electron chi connectivity index (χ1n) is 8.21. The van der Waals surface area contributed by atoms with Gasteiger partial charge in [0, 0.05) is 19.5 Å². The zero-order valence-corrected chi connectivity index (χ0v) is 14.2. The first-order valence-corrected chi connectivity index (χ1v) is 8.21. The lowest BCUT2D eigenvalue weighted by Crippen LogP contribution is -2.48. The molecule has 0 atom stereocenters. The summed E-state index contributed by atoms with van der Waals surface area (Å²) in [6.07, 6.45) is 3.18. The number of hydrogen-bond donors (Lipinski definition) is 1. The molecule has 0 bridgehead atoms. The van der Waals surface area contributed by atoms with E-state index in [1.165, 1.54) is 5.56 Å². The van der Waals surface area contributed by atoms with Crippen molar-refractivity contribution in [2.45, 2.75) is 44.6 Å². The van der Waals surface area contributed by atoms with Gasteiger partial charge in [-0.1, -0.05) is 19.1 Å². The summed E-state index contributed by atoms with van der Waals surface area (Å²) in [6, 6.07) is 8.36. The molecule has 1 aliphatic carbocycles. The maximum atomic E-state index is 12.1. The number of ether oxygens (including phenoxy) is 1. The number of amides is 2. The summed E-state index contributed by atoms with van der Waals surface area (Å²) in [5.74, 6) is 1.26. The molecule has 1 aromatic carbocycles. The Morgan fingerprint density at radius 1 is 1.35 bits per heavy atom. The number of carbonyl (C=O) groups is 2. The number of likely N-dealkylation sites (N-methyl/N-ethyl adjacent to an activating group) is 1. The molecule has 1 fully saturated rings. The number of benzene rings is 1. The van der Waals surface area contributed by atoms with Crippen LogP contribution >= 0.6 is 0 Å². The average Bonchev–Trinajstić information content (AvgIpc) is 2.51. The number of nitrogens with zero attached hydrogens (tertiary/aromatic N) is 1. The second-order valence-corrected chi connectivity index (χ2v) is 6.13. The topological polar surface area (TPSA) is 58.6 Å². The van der Waals surface area contributed by atoms with Crippen LogP contribution in [0.1, 0.15) is 44.1 Å². The van der Waals surface area contributed by atoms with Crippen LogP contribution in [0.3, 0.4) is 0 Å². The number of methoxy groups -OCH3 is 1. The fourth-order valence-corrected chi connectivity index (χ4v) is 2.89. The number of rotatable bonds is 7. The van der Waals surface area contributed by atoms with Gasteiger partial charge in [-0.05, 0) is 42.9 Å². The van der Waals surface area contributed by atoms with Gasteiger partial charge in [0.15, 0.2) is 0 Å². The molecule has 5 nitrogen and oxygen atoms in total. The molecule has 0 heterocycles. The van der Waals surface area contributed by atoms with Crippen molar-refractivity contribution in [2.24, 2.45) is 0 Å². The van der Waals surface area contributed by atoms with Crippen LogP contribution < -0.4 is 10.1 Å². The maximum absolute atomic E-state index is 12.1. The SMILES string of the molecule is CCCC(=O)NCC(=O)N(C)C1CC(c2cccc(OC)c2)C1. The van der Waals surface area contributed by atoms with E-state index < -0.39 is 0 Å². The highest BCUT2D eigenvalue weighted by atomic mass is 16.5. The predicted molar refractivity (Wildman–Crippen MR) is 89.4 cm³/mol.